The van der Waals surface area contributed by atoms with Gasteiger partial charge in [0, 0.05) is 26.2 Å². The first-order valence-corrected chi connectivity index (χ1v) is 6.92. The number of fused-ring (bicyclic) bond motifs is 2. The van der Waals surface area contributed by atoms with Crippen LogP contribution in [0.2, 0.25) is 10.0 Å². The number of nitrogens with zero attached hydrogens (tertiary/aromatic N) is 2. The molecule has 0 N–H and O–H groups in total. The normalized spacial score (nSPS) is 28.5. The minimum absolute atomic E-state index is 0.262. The van der Waals surface area contributed by atoms with Crippen LogP contribution in [0.1, 0.15) is 0 Å². The number of ether oxygens (including phenoxy) is 1. The van der Waals surface area contributed by atoms with E-state index in [1.165, 1.54) is 0 Å². The van der Waals surface area contributed by atoms with Crippen LogP contribution >= 0.6 is 23.2 Å². The van der Waals surface area contributed by atoms with Crippen LogP contribution in [-0.2, 0) is 4.74 Å². The van der Waals surface area contributed by atoms with Crippen LogP contribution in [0.4, 0.5) is 5.69 Å². The van der Waals surface area contributed by atoms with Crippen LogP contribution in [-0.4, -0.2) is 50.3 Å². The summed E-state index contributed by atoms with van der Waals surface area (Å²) in [6.45, 7) is 3.71. The lowest BCUT2D eigenvalue weighted by molar-refractivity contribution is -0.0875. The van der Waals surface area contributed by atoms with Gasteiger partial charge in [0.05, 0.1) is 27.9 Å². The van der Waals surface area contributed by atoms with Gasteiger partial charge in [0.15, 0.2) is 0 Å². The van der Waals surface area contributed by atoms with E-state index < -0.39 is 0 Å². The average Bonchev–Trinajstić information content (AvgIpc) is 2.31. The summed E-state index contributed by atoms with van der Waals surface area (Å²) in [5.74, 6) is 0. The SMILES string of the molecule is CN1CC2CN(c3cccc(Cl)c3Cl)CC(C1)O2. The van der Waals surface area contributed by atoms with Crippen LogP contribution in [0.3, 0.4) is 0 Å². The molecular formula is C13H16Cl2N2O. The van der Waals surface area contributed by atoms with Crippen molar-refractivity contribution < 1.29 is 4.74 Å². The number of morpholine rings is 2. The van der Waals surface area contributed by atoms with Gasteiger partial charge in [-0.3, -0.25) is 0 Å². The van der Waals surface area contributed by atoms with E-state index in [1.807, 2.05) is 18.2 Å². The smallest absolute Gasteiger partial charge is 0.0881 e. The molecule has 3 rings (SSSR count). The molecule has 18 heavy (non-hydrogen) atoms. The van der Waals surface area contributed by atoms with Crippen molar-refractivity contribution in [3.63, 3.8) is 0 Å². The second-order valence-electron chi connectivity index (χ2n) is 5.08. The van der Waals surface area contributed by atoms with E-state index >= 15 is 0 Å². The number of halogens is 2. The second-order valence-corrected chi connectivity index (χ2v) is 5.86. The van der Waals surface area contributed by atoms with E-state index in [4.69, 9.17) is 27.9 Å². The zero-order chi connectivity index (χ0) is 12.7. The Hall–Kier alpha value is -0.480. The van der Waals surface area contributed by atoms with Gasteiger partial charge in [0.2, 0.25) is 0 Å². The highest BCUT2D eigenvalue weighted by molar-refractivity contribution is 6.43. The third-order valence-electron chi connectivity index (χ3n) is 3.54. The molecule has 2 aliphatic rings. The Labute approximate surface area is 117 Å². The maximum atomic E-state index is 6.29. The lowest BCUT2D eigenvalue weighted by Crippen LogP contribution is -2.58. The van der Waals surface area contributed by atoms with Gasteiger partial charge in [0.1, 0.15) is 0 Å². The van der Waals surface area contributed by atoms with Crippen molar-refractivity contribution in [3.8, 4) is 0 Å². The average molecular weight is 287 g/mol. The van der Waals surface area contributed by atoms with Crippen molar-refractivity contribution >= 4 is 28.9 Å². The summed E-state index contributed by atoms with van der Waals surface area (Å²) in [5.41, 5.74) is 1.02. The molecule has 0 radical (unpaired) electrons. The molecule has 2 bridgehead atoms. The topological polar surface area (TPSA) is 15.7 Å². The molecule has 0 spiro atoms. The molecule has 2 fully saturated rings. The van der Waals surface area contributed by atoms with Gasteiger partial charge in [-0.1, -0.05) is 29.3 Å². The summed E-state index contributed by atoms with van der Waals surface area (Å²) in [6.07, 6.45) is 0.523. The van der Waals surface area contributed by atoms with Gasteiger partial charge in [-0.2, -0.15) is 0 Å². The third kappa shape index (κ3) is 2.32. The Morgan fingerprint density at radius 3 is 2.44 bits per heavy atom. The monoisotopic (exact) mass is 286 g/mol. The molecule has 2 aliphatic heterocycles. The molecule has 5 heteroatoms. The number of hydrogen-bond acceptors (Lipinski definition) is 3. The fourth-order valence-corrected chi connectivity index (χ4v) is 3.24. The van der Waals surface area contributed by atoms with Gasteiger partial charge >= 0.3 is 0 Å². The maximum absolute atomic E-state index is 6.29. The van der Waals surface area contributed by atoms with Crippen LogP contribution in [0.15, 0.2) is 18.2 Å². The molecule has 98 valence electrons. The first kappa shape index (κ1) is 12.5. The third-order valence-corrected chi connectivity index (χ3v) is 4.34. The number of benzene rings is 1. The van der Waals surface area contributed by atoms with E-state index in [2.05, 4.69) is 16.8 Å². The number of anilines is 1. The van der Waals surface area contributed by atoms with E-state index in [0.29, 0.717) is 10.0 Å². The predicted octanol–water partition coefficient (Wildman–Crippen LogP) is 2.51. The Balaban J connectivity index is 1.84. The van der Waals surface area contributed by atoms with Crippen molar-refractivity contribution in [2.24, 2.45) is 0 Å². The number of hydrogen-bond donors (Lipinski definition) is 0. The Kier molecular flexibility index (Phi) is 3.41. The molecule has 2 unspecified atom stereocenters. The van der Waals surface area contributed by atoms with Crippen molar-refractivity contribution in [1.29, 1.82) is 0 Å². The van der Waals surface area contributed by atoms with Crippen molar-refractivity contribution in [3.05, 3.63) is 28.2 Å². The Morgan fingerprint density at radius 1 is 1.11 bits per heavy atom. The minimum atomic E-state index is 0.262. The second kappa shape index (κ2) is 4.89. The van der Waals surface area contributed by atoms with Crippen molar-refractivity contribution in [1.82, 2.24) is 4.90 Å². The molecule has 1 aromatic carbocycles. The molecule has 0 aliphatic carbocycles. The van der Waals surface area contributed by atoms with E-state index in [0.717, 1.165) is 31.9 Å². The zero-order valence-corrected chi connectivity index (χ0v) is 11.8. The van der Waals surface area contributed by atoms with Crippen LogP contribution in [0.5, 0.6) is 0 Å². The van der Waals surface area contributed by atoms with Crippen LogP contribution < -0.4 is 4.90 Å². The highest BCUT2D eigenvalue weighted by Gasteiger charge is 2.34. The summed E-state index contributed by atoms with van der Waals surface area (Å²) >= 11 is 12.4. The van der Waals surface area contributed by atoms with Gasteiger partial charge in [-0.05, 0) is 19.2 Å². The van der Waals surface area contributed by atoms with E-state index in [-0.39, 0.29) is 12.2 Å². The maximum Gasteiger partial charge on any atom is 0.0881 e. The van der Waals surface area contributed by atoms with E-state index in [1.54, 1.807) is 0 Å². The highest BCUT2D eigenvalue weighted by atomic mass is 35.5. The Bertz CT molecular complexity index is 437. The summed E-state index contributed by atoms with van der Waals surface area (Å²) in [6, 6.07) is 5.79. The fraction of sp³-hybridized carbons (Fsp3) is 0.538. The molecule has 2 atom stereocenters. The van der Waals surface area contributed by atoms with Crippen molar-refractivity contribution in [2.45, 2.75) is 12.2 Å². The first-order valence-electron chi connectivity index (χ1n) is 6.16. The van der Waals surface area contributed by atoms with Crippen molar-refractivity contribution in [2.75, 3.05) is 38.1 Å². The van der Waals surface area contributed by atoms with Crippen LogP contribution in [0, 0.1) is 0 Å². The summed E-state index contributed by atoms with van der Waals surface area (Å²) in [7, 11) is 2.14. The predicted molar refractivity (Wildman–Crippen MR) is 74.8 cm³/mol. The Morgan fingerprint density at radius 2 is 1.78 bits per heavy atom. The molecule has 2 heterocycles. The van der Waals surface area contributed by atoms with Crippen LogP contribution in [0.25, 0.3) is 0 Å². The van der Waals surface area contributed by atoms with E-state index in [9.17, 15) is 0 Å². The largest absolute Gasteiger partial charge is 0.369 e. The van der Waals surface area contributed by atoms with Gasteiger partial charge < -0.3 is 14.5 Å². The first-order chi connectivity index (χ1) is 8.63. The number of likely N-dealkylation sites (N-methyl/N-ethyl adjacent to an activating group) is 1. The molecule has 3 nitrogen and oxygen atoms in total. The molecule has 1 aromatic rings. The minimum Gasteiger partial charge on any atom is -0.369 e. The molecular weight excluding hydrogens is 271 g/mol. The zero-order valence-electron chi connectivity index (χ0n) is 10.3. The molecule has 2 saturated heterocycles. The molecule has 0 aromatic heterocycles. The van der Waals surface area contributed by atoms with Gasteiger partial charge in [-0.15, -0.1) is 0 Å². The standard InChI is InChI=1S/C13H16Cl2N2O/c1-16-5-9-7-17(8-10(6-16)18-9)12-4-2-3-11(14)13(12)15/h2-4,9-10H,5-8H2,1H3. The lowest BCUT2D eigenvalue weighted by atomic mass is 10.1. The highest BCUT2D eigenvalue weighted by Crippen LogP contribution is 2.34. The number of rotatable bonds is 1. The lowest BCUT2D eigenvalue weighted by Gasteiger charge is -2.45. The summed E-state index contributed by atoms with van der Waals surface area (Å²) < 4.78 is 5.96. The van der Waals surface area contributed by atoms with Gasteiger partial charge in [0.25, 0.3) is 0 Å². The fourth-order valence-electron chi connectivity index (χ4n) is 2.83. The summed E-state index contributed by atoms with van der Waals surface area (Å²) in [5, 5.41) is 1.26. The quantitative estimate of drug-likeness (QED) is 0.789. The van der Waals surface area contributed by atoms with Gasteiger partial charge in [-0.25, -0.2) is 0 Å². The molecule has 0 saturated carbocycles. The summed E-state index contributed by atoms with van der Waals surface area (Å²) in [4.78, 5) is 4.62. The molecule has 0 amide bonds.